The van der Waals surface area contributed by atoms with E-state index in [0.29, 0.717) is 35.8 Å². The number of carbonyl (C=O) groups is 1. The summed E-state index contributed by atoms with van der Waals surface area (Å²) in [4.78, 5) is 12.9. The molecule has 0 radical (unpaired) electrons. The number of amides is 1. The molecular weight excluding hydrogens is 480 g/mol. The van der Waals surface area contributed by atoms with E-state index >= 15 is 0 Å². The third-order valence-electron chi connectivity index (χ3n) is 5.71. The van der Waals surface area contributed by atoms with Crippen LogP contribution in [0.5, 0.6) is 17.2 Å². The third-order valence-corrected chi connectivity index (χ3v) is 7.50. The smallest absolute Gasteiger partial charge is 0.243 e. The Balaban J connectivity index is 1.73. The molecule has 3 rings (SSSR count). The van der Waals surface area contributed by atoms with Crippen molar-refractivity contribution in [3.05, 3.63) is 83.4 Å². The van der Waals surface area contributed by atoms with E-state index in [-0.39, 0.29) is 23.9 Å². The molecule has 0 aliphatic carbocycles. The van der Waals surface area contributed by atoms with Crippen LogP contribution in [0.15, 0.2) is 71.6 Å². The average molecular weight is 513 g/mol. The molecule has 36 heavy (non-hydrogen) atoms. The fraction of sp³-hybridized carbons (Fsp3) is 0.296. The molecule has 3 aromatic rings. The van der Waals surface area contributed by atoms with Gasteiger partial charge in [0.1, 0.15) is 5.75 Å². The van der Waals surface area contributed by atoms with Crippen molar-refractivity contribution in [1.29, 1.82) is 0 Å². The fourth-order valence-electron chi connectivity index (χ4n) is 3.77. The van der Waals surface area contributed by atoms with Crippen molar-refractivity contribution >= 4 is 15.9 Å². The molecule has 0 bridgehead atoms. The largest absolute Gasteiger partial charge is 0.496 e. The molecule has 0 aromatic heterocycles. The van der Waals surface area contributed by atoms with Gasteiger partial charge in [0.2, 0.25) is 15.9 Å². The number of nitrogens with zero attached hydrogens (tertiary/aromatic N) is 1. The molecule has 9 heteroatoms. The Kier molecular flexibility index (Phi) is 9.32. The summed E-state index contributed by atoms with van der Waals surface area (Å²) in [6, 6.07) is 19.4. The molecule has 0 aliphatic rings. The van der Waals surface area contributed by atoms with Crippen LogP contribution in [0.3, 0.4) is 0 Å². The highest BCUT2D eigenvalue weighted by atomic mass is 32.2. The molecule has 8 nitrogen and oxygen atoms in total. The number of methoxy groups -OCH3 is 3. The van der Waals surface area contributed by atoms with Crippen LogP contribution in [-0.4, -0.2) is 53.0 Å². The SMILES string of the molecule is COc1ccc(S(=O)(=O)N(CC(=O)NCCc2ccc(OC)c(OC)c2)Cc2ccccc2)cc1C. The van der Waals surface area contributed by atoms with E-state index < -0.39 is 10.0 Å². The second kappa shape index (κ2) is 12.4. The lowest BCUT2D eigenvalue weighted by Crippen LogP contribution is -2.40. The van der Waals surface area contributed by atoms with Gasteiger partial charge in [0.25, 0.3) is 0 Å². The molecule has 0 fully saturated rings. The van der Waals surface area contributed by atoms with Crippen LogP contribution in [0.2, 0.25) is 0 Å². The average Bonchev–Trinajstić information content (AvgIpc) is 2.88. The fourth-order valence-corrected chi connectivity index (χ4v) is 5.24. The molecule has 0 unspecified atom stereocenters. The molecule has 0 aliphatic heterocycles. The Labute approximate surface area is 212 Å². The minimum atomic E-state index is -3.95. The van der Waals surface area contributed by atoms with Gasteiger partial charge >= 0.3 is 0 Å². The van der Waals surface area contributed by atoms with Crippen LogP contribution in [-0.2, 0) is 27.8 Å². The van der Waals surface area contributed by atoms with Crippen molar-refractivity contribution in [1.82, 2.24) is 9.62 Å². The van der Waals surface area contributed by atoms with Gasteiger partial charge in [-0.15, -0.1) is 0 Å². The Morgan fingerprint density at radius 2 is 1.50 bits per heavy atom. The molecule has 0 atom stereocenters. The summed E-state index contributed by atoms with van der Waals surface area (Å²) in [6.45, 7) is 1.88. The van der Waals surface area contributed by atoms with Crippen molar-refractivity contribution in [2.45, 2.75) is 24.8 Å². The van der Waals surface area contributed by atoms with Crippen molar-refractivity contribution in [2.75, 3.05) is 34.4 Å². The molecule has 3 aromatic carbocycles. The lowest BCUT2D eigenvalue weighted by atomic mass is 10.1. The number of sulfonamides is 1. The van der Waals surface area contributed by atoms with Crippen LogP contribution in [0.25, 0.3) is 0 Å². The van der Waals surface area contributed by atoms with E-state index in [9.17, 15) is 13.2 Å². The van der Waals surface area contributed by atoms with Gasteiger partial charge in [0, 0.05) is 13.1 Å². The second-order valence-electron chi connectivity index (χ2n) is 8.18. The molecule has 0 spiro atoms. The molecule has 1 amide bonds. The Morgan fingerprint density at radius 1 is 0.833 bits per heavy atom. The molecule has 192 valence electrons. The van der Waals surface area contributed by atoms with Crippen molar-refractivity contribution in [3.63, 3.8) is 0 Å². The van der Waals surface area contributed by atoms with Gasteiger partial charge in [-0.1, -0.05) is 36.4 Å². The molecule has 0 heterocycles. The van der Waals surface area contributed by atoms with Gasteiger partial charge in [-0.3, -0.25) is 4.79 Å². The number of ether oxygens (including phenoxy) is 3. The number of hydrogen-bond acceptors (Lipinski definition) is 6. The summed E-state index contributed by atoms with van der Waals surface area (Å²) in [5.74, 6) is 1.44. The Hall–Kier alpha value is -3.56. The lowest BCUT2D eigenvalue weighted by Gasteiger charge is -2.22. The Bertz CT molecular complexity index is 1280. The van der Waals surface area contributed by atoms with E-state index in [1.165, 1.54) is 17.5 Å². The predicted octanol–water partition coefficient (Wildman–Crippen LogP) is 3.57. The first-order valence-electron chi connectivity index (χ1n) is 11.4. The minimum absolute atomic E-state index is 0.0668. The van der Waals surface area contributed by atoms with E-state index in [4.69, 9.17) is 14.2 Å². The minimum Gasteiger partial charge on any atom is -0.496 e. The standard InChI is InChI=1S/C27H32N2O6S/c1-20-16-23(11-13-24(20)33-2)36(31,32)29(18-22-8-6-5-7-9-22)19-27(30)28-15-14-21-10-12-25(34-3)26(17-21)35-4/h5-13,16-17H,14-15,18-19H2,1-4H3,(H,28,30). The van der Waals surface area contributed by atoms with Crippen LogP contribution < -0.4 is 19.5 Å². The maximum Gasteiger partial charge on any atom is 0.243 e. The number of rotatable bonds is 12. The van der Waals surface area contributed by atoms with Gasteiger partial charge in [-0.2, -0.15) is 4.31 Å². The summed E-state index contributed by atoms with van der Waals surface area (Å²) < 4.78 is 44.1. The summed E-state index contributed by atoms with van der Waals surface area (Å²) >= 11 is 0. The van der Waals surface area contributed by atoms with E-state index in [2.05, 4.69) is 5.32 Å². The van der Waals surface area contributed by atoms with Crippen LogP contribution in [0.1, 0.15) is 16.7 Å². The number of benzene rings is 3. The van der Waals surface area contributed by atoms with Gasteiger partial charge in [0.15, 0.2) is 11.5 Å². The topological polar surface area (TPSA) is 94.2 Å². The van der Waals surface area contributed by atoms with Gasteiger partial charge in [0.05, 0.1) is 32.8 Å². The highest BCUT2D eigenvalue weighted by molar-refractivity contribution is 7.89. The molecule has 1 N–H and O–H groups in total. The highest BCUT2D eigenvalue weighted by Gasteiger charge is 2.27. The summed E-state index contributed by atoms with van der Waals surface area (Å²) in [5.41, 5.74) is 2.43. The summed E-state index contributed by atoms with van der Waals surface area (Å²) in [5, 5.41) is 2.83. The van der Waals surface area contributed by atoms with Crippen molar-refractivity contribution in [3.8, 4) is 17.2 Å². The number of carbonyl (C=O) groups excluding carboxylic acids is 1. The zero-order chi connectivity index (χ0) is 26.1. The van der Waals surface area contributed by atoms with Gasteiger partial charge < -0.3 is 19.5 Å². The monoisotopic (exact) mass is 512 g/mol. The summed E-state index contributed by atoms with van der Waals surface area (Å²) in [7, 11) is 0.718. The molecule has 0 saturated heterocycles. The Morgan fingerprint density at radius 3 is 2.14 bits per heavy atom. The quantitative estimate of drug-likeness (QED) is 0.399. The molecular formula is C27H32N2O6S. The highest BCUT2D eigenvalue weighted by Crippen LogP contribution is 2.28. The van der Waals surface area contributed by atoms with E-state index in [1.807, 2.05) is 42.5 Å². The lowest BCUT2D eigenvalue weighted by molar-refractivity contribution is -0.121. The zero-order valence-corrected chi connectivity index (χ0v) is 21.8. The molecule has 0 saturated carbocycles. The first-order chi connectivity index (χ1) is 17.3. The van der Waals surface area contributed by atoms with E-state index in [1.54, 1.807) is 39.3 Å². The normalized spacial score (nSPS) is 11.2. The van der Waals surface area contributed by atoms with Crippen LogP contribution in [0.4, 0.5) is 0 Å². The predicted molar refractivity (Wildman–Crippen MR) is 138 cm³/mol. The maximum absolute atomic E-state index is 13.5. The number of hydrogen-bond donors (Lipinski definition) is 1. The van der Waals surface area contributed by atoms with E-state index in [0.717, 1.165) is 11.1 Å². The van der Waals surface area contributed by atoms with Gasteiger partial charge in [-0.25, -0.2) is 8.42 Å². The number of nitrogens with one attached hydrogen (secondary N) is 1. The van der Waals surface area contributed by atoms with Crippen molar-refractivity contribution in [2.24, 2.45) is 0 Å². The van der Waals surface area contributed by atoms with Gasteiger partial charge in [-0.05, 0) is 60.4 Å². The summed E-state index contributed by atoms with van der Waals surface area (Å²) in [6.07, 6.45) is 0.551. The third kappa shape index (κ3) is 6.77. The van der Waals surface area contributed by atoms with Crippen LogP contribution >= 0.6 is 0 Å². The van der Waals surface area contributed by atoms with Crippen molar-refractivity contribution < 1.29 is 27.4 Å². The first kappa shape index (κ1) is 27.0. The maximum atomic E-state index is 13.5. The zero-order valence-electron chi connectivity index (χ0n) is 21.0. The number of aryl methyl sites for hydroxylation is 1. The second-order valence-corrected chi connectivity index (χ2v) is 10.1. The first-order valence-corrected chi connectivity index (χ1v) is 12.9. The van der Waals surface area contributed by atoms with Crippen LogP contribution in [0, 0.1) is 6.92 Å².